The molecule has 0 aliphatic rings. The molecule has 0 amide bonds. The lowest BCUT2D eigenvalue weighted by atomic mass is 9.81. The van der Waals surface area contributed by atoms with Crippen molar-refractivity contribution in [3.05, 3.63) is 83.4 Å². The van der Waals surface area contributed by atoms with E-state index in [4.69, 9.17) is 4.74 Å². The van der Waals surface area contributed by atoms with E-state index in [2.05, 4.69) is 75.9 Å². The molecule has 0 saturated carbocycles. The Morgan fingerprint density at radius 3 is 1.90 bits per heavy atom. The van der Waals surface area contributed by atoms with Crippen LogP contribution in [0.25, 0.3) is 0 Å². The van der Waals surface area contributed by atoms with Gasteiger partial charge in [-0.25, -0.2) is 0 Å². The highest BCUT2D eigenvalue weighted by Gasteiger charge is 2.18. The molecule has 0 aliphatic carbocycles. The molecule has 2 nitrogen and oxygen atoms in total. The van der Waals surface area contributed by atoms with Gasteiger partial charge in [-0.2, -0.15) is 0 Å². The van der Waals surface area contributed by atoms with Crippen molar-refractivity contribution in [1.29, 1.82) is 0 Å². The van der Waals surface area contributed by atoms with E-state index >= 15 is 0 Å². The van der Waals surface area contributed by atoms with Crippen LogP contribution >= 0.6 is 0 Å². The van der Waals surface area contributed by atoms with Crippen molar-refractivity contribution in [2.75, 3.05) is 0 Å². The highest BCUT2D eigenvalue weighted by atomic mass is 16.5. The Bertz CT molecular complexity index is 782. The Labute approximate surface area is 177 Å². The summed E-state index contributed by atoms with van der Waals surface area (Å²) in [5.41, 5.74) is 5.24. The molecule has 2 aromatic carbocycles. The Morgan fingerprint density at radius 1 is 0.931 bits per heavy atom. The Kier molecular flexibility index (Phi) is 8.25. The summed E-state index contributed by atoms with van der Waals surface area (Å²) in [7, 11) is 0. The van der Waals surface area contributed by atoms with Gasteiger partial charge in [0.25, 0.3) is 0 Å². The molecule has 1 unspecified atom stereocenters. The number of carbonyl (C=O) groups excluding carboxylic acids is 1. The van der Waals surface area contributed by atoms with E-state index in [9.17, 15) is 4.79 Å². The van der Waals surface area contributed by atoms with Gasteiger partial charge in [-0.1, -0.05) is 89.2 Å². The summed E-state index contributed by atoms with van der Waals surface area (Å²) < 4.78 is 5.29. The lowest BCUT2D eigenvalue weighted by molar-refractivity contribution is -0.148. The summed E-state index contributed by atoms with van der Waals surface area (Å²) >= 11 is 0. The first-order valence-electron chi connectivity index (χ1n) is 10.7. The quantitative estimate of drug-likeness (QED) is 0.334. The van der Waals surface area contributed by atoms with Gasteiger partial charge in [0.15, 0.2) is 0 Å². The Balaban J connectivity index is 1.88. The van der Waals surface area contributed by atoms with Gasteiger partial charge in [-0.05, 0) is 52.8 Å². The van der Waals surface area contributed by atoms with Crippen molar-refractivity contribution in [2.24, 2.45) is 11.8 Å². The van der Waals surface area contributed by atoms with Gasteiger partial charge in [-0.3, -0.25) is 4.79 Å². The average molecular weight is 393 g/mol. The van der Waals surface area contributed by atoms with E-state index < -0.39 is 0 Å². The van der Waals surface area contributed by atoms with Gasteiger partial charge in [0.1, 0.15) is 6.61 Å². The van der Waals surface area contributed by atoms with Crippen molar-refractivity contribution in [3.8, 4) is 0 Å². The first kappa shape index (κ1) is 22.9. The minimum Gasteiger partial charge on any atom is -0.461 e. The molecule has 0 radical (unpaired) electrons. The molecule has 0 bridgehead atoms. The van der Waals surface area contributed by atoms with Crippen molar-refractivity contribution in [3.63, 3.8) is 0 Å². The monoisotopic (exact) mass is 392 g/mol. The van der Waals surface area contributed by atoms with Gasteiger partial charge < -0.3 is 4.74 Å². The lowest BCUT2D eigenvalue weighted by Crippen LogP contribution is -2.15. The zero-order valence-corrected chi connectivity index (χ0v) is 18.7. The number of allylic oxidation sites excluding steroid dienone is 1. The maximum absolute atomic E-state index is 11.6. The standard InChI is InChI=1S/C27H36O2/c1-7-16-27(5,6)25-14-12-23(13-15-25)18-21(4)17-22-8-10-24(11-9-22)19-29-26(28)20(2)3/h7-15,20-21H,1,16-19H2,2-6H3. The summed E-state index contributed by atoms with van der Waals surface area (Å²) in [5, 5.41) is 0. The Morgan fingerprint density at radius 2 is 1.41 bits per heavy atom. The molecule has 29 heavy (non-hydrogen) atoms. The zero-order valence-electron chi connectivity index (χ0n) is 18.7. The highest BCUT2D eigenvalue weighted by Crippen LogP contribution is 2.28. The van der Waals surface area contributed by atoms with E-state index in [1.54, 1.807) is 0 Å². The van der Waals surface area contributed by atoms with Gasteiger partial charge >= 0.3 is 5.97 Å². The van der Waals surface area contributed by atoms with Crippen LogP contribution in [0.2, 0.25) is 0 Å². The summed E-state index contributed by atoms with van der Waals surface area (Å²) in [6, 6.07) is 17.5. The third kappa shape index (κ3) is 7.20. The largest absolute Gasteiger partial charge is 0.461 e. The zero-order chi connectivity index (χ0) is 21.4. The topological polar surface area (TPSA) is 26.3 Å². The smallest absolute Gasteiger partial charge is 0.308 e. The molecule has 2 heteroatoms. The summed E-state index contributed by atoms with van der Waals surface area (Å²) in [6.07, 6.45) is 5.08. The third-order valence-electron chi connectivity index (χ3n) is 5.43. The second-order valence-corrected chi connectivity index (χ2v) is 9.17. The molecule has 2 aromatic rings. The molecule has 0 spiro atoms. The molecular formula is C27H36O2. The van der Waals surface area contributed by atoms with Crippen molar-refractivity contribution >= 4 is 5.97 Å². The molecule has 0 aliphatic heterocycles. The number of hydrogen-bond donors (Lipinski definition) is 0. The minimum atomic E-state index is -0.151. The molecule has 0 saturated heterocycles. The first-order valence-corrected chi connectivity index (χ1v) is 10.7. The summed E-state index contributed by atoms with van der Waals surface area (Å²) in [6.45, 7) is 14.8. The normalized spacial score (nSPS) is 12.6. The number of carbonyl (C=O) groups is 1. The predicted octanol–water partition coefficient (Wildman–Crippen LogP) is 6.66. The predicted molar refractivity (Wildman–Crippen MR) is 122 cm³/mol. The van der Waals surface area contributed by atoms with Crippen LogP contribution in [0.15, 0.2) is 61.2 Å². The van der Waals surface area contributed by atoms with E-state index in [0.29, 0.717) is 12.5 Å². The van der Waals surface area contributed by atoms with Gasteiger partial charge in [0.2, 0.25) is 0 Å². The van der Waals surface area contributed by atoms with Crippen LogP contribution < -0.4 is 0 Å². The van der Waals surface area contributed by atoms with Crippen LogP contribution in [0.4, 0.5) is 0 Å². The van der Waals surface area contributed by atoms with Crippen molar-refractivity contribution < 1.29 is 9.53 Å². The van der Waals surface area contributed by atoms with E-state index in [1.165, 1.54) is 16.7 Å². The van der Waals surface area contributed by atoms with E-state index in [-0.39, 0.29) is 17.3 Å². The van der Waals surface area contributed by atoms with Crippen LogP contribution in [0.3, 0.4) is 0 Å². The van der Waals surface area contributed by atoms with E-state index in [1.807, 2.05) is 19.9 Å². The molecule has 0 N–H and O–H groups in total. The van der Waals surface area contributed by atoms with Crippen LogP contribution in [-0.4, -0.2) is 5.97 Å². The van der Waals surface area contributed by atoms with Gasteiger partial charge in [0.05, 0.1) is 5.92 Å². The van der Waals surface area contributed by atoms with E-state index in [0.717, 1.165) is 24.8 Å². The third-order valence-corrected chi connectivity index (χ3v) is 5.43. The number of esters is 1. The fraction of sp³-hybridized carbons (Fsp3) is 0.444. The summed E-state index contributed by atoms with van der Waals surface area (Å²) in [5.74, 6) is 0.325. The van der Waals surface area contributed by atoms with Crippen LogP contribution in [0, 0.1) is 11.8 Å². The van der Waals surface area contributed by atoms with Gasteiger partial charge in [-0.15, -0.1) is 6.58 Å². The van der Waals surface area contributed by atoms with Crippen molar-refractivity contribution in [2.45, 2.75) is 65.9 Å². The molecule has 0 fully saturated rings. The fourth-order valence-corrected chi connectivity index (χ4v) is 3.54. The molecule has 2 rings (SSSR count). The lowest BCUT2D eigenvalue weighted by Gasteiger charge is -2.24. The van der Waals surface area contributed by atoms with Gasteiger partial charge in [0, 0.05) is 0 Å². The maximum atomic E-state index is 11.6. The minimum absolute atomic E-state index is 0.0859. The van der Waals surface area contributed by atoms with Crippen molar-refractivity contribution in [1.82, 2.24) is 0 Å². The SMILES string of the molecule is C=CCC(C)(C)c1ccc(CC(C)Cc2ccc(COC(=O)C(C)C)cc2)cc1. The summed E-state index contributed by atoms with van der Waals surface area (Å²) in [4.78, 5) is 11.6. The second kappa shape index (κ2) is 10.4. The molecular weight excluding hydrogens is 356 g/mol. The average Bonchev–Trinajstić information content (AvgIpc) is 2.67. The molecule has 0 heterocycles. The first-order chi connectivity index (χ1) is 13.7. The maximum Gasteiger partial charge on any atom is 0.308 e. The molecule has 1 atom stereocenters. The molecule has 156 valence electrons. The number of rotatable bonds is 10. The highest BCUT2D eigenvalue weighted by molar-refractivity contribution is 5.71. The number of benzene rings is 2. The van der Waals surface area contributed by atoms with Crippen LogP contribution in [0.5, 0.6) is 0 Å². The fourth-order valence-electron chi connectivity index (χ4n) is 3.54. The Hall–Kier alpha value is -2.35. The number of ether oxygens (including phenoxy) is 1. The van der Waals surface area contributed by atoms with Crippen LogP contribution in [0.1, 0.15) is 63.3 Å². The van der Waals surface area contributed by atoms with Crippen LogP contribution in [-0.2, 0) is 34.4 Å². The second-order valence-electron chi connectivity index (χ2n) is 9.17. The number of hydrogen-bond acceptors (Lipinski definition) is 2. The molecule has 0 aromatic heterocycles.